The molecule has 1 aromatic heterocycles. The van der Waals surface area contributed by atoms with Gasteiger partial charge in [-0.3, -0.25) is 4.79 Å². The SMILES string of the molecule is CCCCCCCCC(=O)Nc1ncc(C#CCCO)s1. The molecule has 4 nitrogen and oxygen atoms in total. The zero-order chi connectivity index (χ0) is 15.3. The average Bonchev–Trinajstić information content (AvgIpc) is 2.90. The molecule has 0 radical (unpaired) electrons. The largest absolute Gasteiger partial charge is 0.395 e. The third kappa shape index (κ3) is 8.49. The zero-order valence-electron chi connectivity index (χ0n) is 12.7. The first kappa shape index (κ1) is 17.7. The molecule has 0 aliphatic carbocycles. The number of thiazole rings is 1. The predicted molar refractivity (Wildman–Crippen MR) is 87.3 cm³/mol. The average molecular weight is 308 g/mol. The van der Waals surface area contributed by atoms with Crippen LogP contribution >= 0.6 is 11.3 Å². The quantitative estimate of drug-likeness (QED) is 0.541. The van der Waals surface area contributed by atoms with Crippen molar-refractivity contribution in [3.05, 3.63) is 11.1 Å². The van der Waals surface area contributed by atoms with Gasteiger partial charge in [0.25, 0.3) is 0 Å². The van der Waals surface area contributed by atoms with Gasteiger partial charge in [0, 0.05) is 12.8 Å². The van der Waals surface area contributed by atoms with Gasteiger partial charge in [-0.15, -0.1) is 0 Å². The van der Waals surface area contributed by atoms with Crippen molar-refractivity contribution in [1.29, 1.82) is 0 Å². The van der Waals surface area contributed by atoms with Gasteiger partial charge in [0.05, 0.1) is 17.7 Å². The molecule has 116 valence electrons. The number of nitrogens with zero attached hydrogens (tertiary/aromatic N) is 1. The summed E-state index contributed by atoms with van der Waals surface area (Å²) in [6.45, 7) is 2.26. The van der Waals surface area contributed by atoms with E-state index >= 15 is 0 Å². The summed E-state index contributed by atoms with van der Waals surface area (Å²) in [5.41, 5.74) is 0. The number of carbonyl (C=O) groups excluding carboxylic acids is 1. The predicted octanol–water partition coefficient (Wildman–Crippen LogP) is 3.57. The topological polar surface area (TPSA) is 62.2 Å². The summed E-state index contributed by atoms with van der Waals surface area (Å²) in [7, 11) is 0. The summed E-state index contributed by atoms with van der Waals surface area (Å²) in [5.74, 6) is 5.76. The molecule has 21 heavy (non-hydrogen) atoms. The molecule has 1 rings (SSSR count). The number of carbonyl (C=O) groups is 1. The number of anilines is 1. The first-order chi connectivity index (χ1) is 10.3. The molecule has 1 heterocycles. The van der Waals surface area contributed by atoms with Crippen molar-refractivity contribution < 1.29 is 9.90 Å². The Morgan fingerprint density at radius 2 is 2.10 bits per heavy atom. The second-order valence-electron chi connectivity index (χ2n) is 4.87. The smallest absolute Gasteiger partial charge is 0.226 e. The maximum absolute atomic E-state index is 11.8. The highest BCUT2D eigenvalue weighted by Gasteiger charge is 2.05. The van der Waals surface area contributed by atoms with Crippen molar-refractivity contribution in [2.75, 3.05) is 11.9 Å². The highest BCUT2D eigenvalue weighted by Crippen LogP contribution is 2.17. The molecular weight excluding hydrogens is 284 g/mol. The molecule has 0 spiro atoms. The van der Waals surface area contributed by atoms with Crippen LogP contribution in [0.15, 0.2) is 6.20 Å². The molecule has 0 aliphatic rings. The Bertz CT molecular complexity index is 474. The van der Waals surface area contributed by atoms with Crippen molar-refractivity contribution in [3.8, 4) is 11.8 Å². The molecule has 0 aliphatic heterocycles. The Morgan fingerprint density at radius 1 is 1.33 bits per heavy atom. The minimum atomic E-state index is 0.0229. The van der Waals surface area contributed by atoms with Crippen molar-refractivity contribution in [2.24, 2.45) is 0 Å². The van der Waals surface area contributed by atoms with Gasteiger partial charge in [0.2, 0.25) is 5.91 Å². The fourth-order valence-electron chi connectivity index (χ4n) is 1.84. The molecule has 0 aromatic carbocycles. The van der Waals surface area contributed by atoms with Gasteiger partial charge in [-0.05, 0) is 6.42 Å². The van der Waals surface area contributed by atoms with E-state index in [2.05, 4.69) is 29.1 Å². The molecule has 2 N–H and O–H groups in total. The van der Waals surface area contributed by atoms with Crippen LogP contribution in [0.3, 0.4) is 0 Å². The highest BCUT2D eigenvalue weighted by atomic mass is 32.1. The normalized spacial score (nSPS) is 10.0. The van der Waals surface area contributed by atoms with Crippen LogP contribution in [0.1, 0.15) is 63.2 Å². The van der Waals surface area contributed by atoms with Crippen LogP contribution in [-0.4, -0.2) is 22.6 Å². The third-order valence-electron chi connectivity index (χ3n) is 2.96. The first-order valence-corrected chi connectivity index (χ1v) is 8.43. The van der Waals surface area contributed by atoms with Crippen molar-refractivity contribution >= 4 is 22.4 Å². The molecule has 0 unspecified atom stereocenters. The minimum Gasteiger partial charge on any atom is -0.395 e. The Kier molecular flexibility index (Phi) is 9.51. The van der Waals surface area contributed by atoms with Gasteiger partial charge < -0.3 is 10.4 Å². The van der Waals surface area contributed by atoms with Crippen molar-refractivity contribution in [3.63, 3.8) is 0 Å². The van der Waals surface area contributed by atoms with E-state index in [1.54, 1.807) is 6.20 Å². The Hall–Kier alpha value is -1.38. The van der Waals surface area contributed by atoms with Crippen LogP contribution in [0.25, 0.3) is 0 Å². The van der Waals surface area contributed by atoms with Gasteiger partial charge in [-0.2, -0.15) is 0 Å². The zero-order valence-corrected chi connectivity index (χ0v) is 13.5. The lowest BCUT2D eigenvalue weighted by molar-refractivity contribution is -0.116. The van der Waals surface area contributed by atoms with E-state index in [4.69, 9.17) is 5.11 Å². The fraction of sp³-hybridized carbons (Fsp3) is 0.625. The second-order valence-corrected chi connectivity index (χ2v) is 5.90. The van der Waals surface area contributed by atoms with Crippen LogP contribution in [-0.2, 0) is 4.79 Å². The number of amides is 1. The molecule has 0 atom stereocenters. The van der Waals surface area contributed by atoms with Gasteiger partial charge in [-0.1, -0.05) is 62.2 Å². The Balaban J connectivity index is 2.21. The molecule has 0 fully saturated rings. The molecule has 1 amide bonds. The summed E-state index contributed by atoms with van der Waals surface area (Å²) >= 11 is 1.36. The van der Waals surface area contributed by atoms with Crippen molar-refractivity contribution in [1.82, 2.24) is 4.98 Å². The lowest BCUT2D eigenvalue weighted by atomic mass is 10.1. The van der Waals surface area contributed by atoms with E-state index in [0.717, 1.165) is 17.7 Å². The molecule has 1 aromatic rings. The molecule has 0 saturated carbocycles. The van der Waals surface area contributed by atoms with Crippen LogP contribution in [0.2, 0.25) is 0 Å². The van der Waals surface area contributed by atoms with E-state index in [9.17, 15) is 4.79 Å². The summed E-state index contributed by atoms with van der Waals surface area (Å²) in [4.78, 5) is 16.7. The number of unbranched alkanes of at least 4 members (excludes halogenated alkanes) is 5. The highest BCUT2D eigenvalue weighted by molar-refractivity contribution is 7.16. The van der Waals surface area contributed by atoms with E-state index in [-0.39, 0.29) is 12.5 Å². The maximum atomic E-state index is 11.8. The fourth-order valence-corrected chi connectivity index (χ4v) is 2.55. The molecule has 5 heteroatoms. The van der Waals surface area contributed by atoms with Gasteiger partial charge in [0.1, 0.15) is 0 Å². The Labute approximate surface area is 131 Å². The van der Waals surface area contributed by atoms with E-state index in [1.807, 2.05) is 0 Å². The van der Waals surface area contributed by atoms with Crippen LogP contribution in [0, 0.1) is 11.8 Å². The van der Waals surface area contributed by atoms with Gasteiger partial charge in [0.15, 0.2) is 5.13 Å². The third-order valence-corrected chi connectivity index (χ3v) is 3.79. The number of nitrogens with one attached hydrogen (secondary N) is 1. The van der Waals surface area contributed by atoms with E-state index < -0.39 is 0 Å². The number of aromatic nitrogens is 1. The van der Waals surface area contributed by atoms with E-state index in [1.165, 1.54) is 37.0 Å². The number of hydrogen-bond donors (Lipinski definition) is 2. The molecule has 0 saturated heterocycles. The summed E-state index contributed by atoms with van der Waals surface area (Å²) in [5, 5.41) is 12.0. The monoisotopic (exact) mass is 308 g/mol. The molecular formula is C16H24N2O2S. The second kappa shape index (κ2) is 11.3. The number of hydrogen-bond acceptors (Lipinski definition) is 4. The summed E-state index contributed by atoms with van der Waals surface area (Å²) in [6, 6.07) is 0. The number of rotatable bonds is 9. The standard InChI is InChI=1S/C16H24N2O2S/c1-2-3-4-5-6-7-11-15(20)18-16-17-13-14(21-16)10-8-9-12-19/h13,19H,2-7,9,11-12H2,1H3,(H,17,18,20). The first-order valence-electron chi connectivity index (χ1n) is 7.61. The van der Waals surface area contributed by atoms with Crippen LogP contribution in [0.5, 0.6) is 0 Å². The number of aliphatic hydroxyl groups is 1. The number of aliphatic hydroxyl groups excluding tert-OH is 1. The molecule has 0 bridgehead atoms. The summed E-state index contributed by atoms with van der Waals surface area (Å²) < 4.78 is 0. The van der Waals surface area contributed by atoms with Crippen molar-refractivity contribution in [2.45, 2.75) is 58.3 Å². The maximum Gasteiger partial charge on any atom is 0.226 e. The lowest BCUT2D eigenvalue weighted by Gasteiger charge is -2.01. The van der Waals surface area contributed by atoms with Crippen LogP contribution in [0.4, 0.5) is 5.13 Å². The lowest BCUT2D eigenvalue weighted by Crippen LogP contribution is -2.10. The van der Waals surface area contributed by atoms with Gasteiger partial charge >= 0.3 is 0 Å². The Morgan fingerprint density at radius 3 is 2.86 bits per heavy atom. The van der Waals surface area contributed by atoms with E-state index in [0.29, 0.717) is 18.0 Å². The van der Waals surface area contributed by atoms with Gasteiger partial charge in [-0.25, -0.2) is 4.98 Å². The summed E-state index contributed by atoms with van der Waals surface area (Å²) in [6.07, 6.45) is 9.71. The van der Waals surface area contributed by atoms with Crippen LogP contribution < -0.4 is 5.32 Å². The minimum absolute atomic E-state index is 0.0229.